The molecule has 3 aromatic rings. The van der Waals surface area contributed by atoms with Gasteiger partial charge < -0.3 is 14.4 Å². The monoisotopic (exact) mass is 361 g/mol. The Morgan fingerprint density at radius 3 is 2.74 bits per heavy atom. The number of fused-ring (bicyclic) bond motifs is 3. The average molecular weight is 361 g/mol. The summed E-state index contributed by atoms with van der Waals surface area (Å²) in [6.45, 7) is 6.27. The van der Waals surface area contributed by atoms with Crippen LogP contribution in [-0.2, 0) is 0 Å². The first-order valence-corrected chi connectivity index (χ1v) is 8.99. The second-order valence-corrected chi connectivity index (χ2v) is 7.36. The second-order valence-electron chi connectivity index (χ2n) is 7.36. The first-order chi connectivity index (χ1) is 12.9. The smallest absolute Gasteiger partial charge is 0.204 e. The number of aromatic nitrogens is 1. The lowest BCUT2D eigenvalue weighted by Gasteiger charge is -2.30. The van der Waals surface area contributed by atoms with Crippen molar-refractivity contribution in [3.05, 3.63) is 52.9 Å². The highest BCUT2D eigenvalue weighted by Gasteiger charge is 2.52. The molecule has 3 heterocycles. The molecule has 0 amide bonds. The highest BCUT2D eigenvalue weighted by molar-refractivity contribution is 6.28. The molecule has 6 heteroatoms. The molecule has 1 fully saturated rings. The highest BCUT2D eigenvalue weighted by Crippen LogP contribution is 2.40. The normalized spacial score (nSPS) is 21.4. The van der Waals surface area contributed by atoms with Crippen LogP contribution < -0.4 is 4.90 Å². The van der Waals surface area contributed by atoms with Gasteiger partial charge in [-0.3, -0.25) is 4.79 Å². The molecule has 27 heavy (non-hydrogen) atoms. The summed E-state index contributed by atoms with van der Waals surface area (Å²) in [4.78, 5) is 24.1. The Kier molecular flexibility index (Phi) is 3.16. The summed E-state index contributed by atoms with van der Waals surface area (Å²) in [5.41, 5.74) is 3.92. The van der Waals surface area contributed by atoms with E-state index >= 15 is 0 Å². The van der Waals surface area contributed by atoms with Crippen molar-refractivity contribution in [1.82, 2.24) is 4.98 Å². The van der Waals surface area contributed by atoms with Crippen LogP contribution in [0.2, 0.25) is 0 Å². The van der Waals surface area contributed by atoms with Crippen LogP contribution in [0.3, 0.4) is 0 Å². The van der Waals surface area contributed by atoms with E-state index in [0.29, 0.717) is 41.5 Å². The maximum Gasteiger partial charge on any atom is 0.204 e. The van der Waals surface area contributed by atoms with Crippen LogP contribution in [0.25, 0.3) is 11.1 Å². The van der Waals surface area contributed by atoms with Crippen LogP contribution in [0.15, 0.2) is 39.7 Å². The lowest BCUT2D eigenvalue weighted by atomic mass is 9.86. The van der Waals surface area contributed by atoms with Crippen molar-refractivity contribution in [2.24, 2.45) is 4.99 Å². The van der Waals surface area contributed by atoms with Gasteiger partial charge in [0.2, 0.25) is 5.78 Å². The van der Waals surface area contributed by atoms with Crippen molar-refractivity contribution < 1.29 is 14.3 Å². The number of aryl methyl sites for hydroxylation is 3. The van der Waals surface area contributed by atoms with E-state index in [1.54, 1.807) is 6.92 Å². The van der Waals surface area contributed by atoms with Crippen molar-refractivity contribution in [2.45, 2.75) is 32.8 Å². The maximum atomic E-state index is 13.1. The number of Topliss-reactive ketones (excluding diaryl/α,β-unsaturated/α-hetero) is 1. The van der Waals surface area contributed by atoms with E-state index in [4.69, 9.17) is 9.41 Å². The number of rotatable bonds is 1. The van der Waals surface area contributed by atoms with Gasteiger partial charge in [0.05, 0.1) is 5.69 Å². The number of aliphatic hydroxyl groups is 1. The maximum absolute atomic E-state index is 13.1. The molecular formula is C21H19N3O3. The summed E-state index contributed by atoms with van der Waals surface area (Å²) in [7, 11) is 0. The van der Waals surface area contributed by atoms with E-state index in [1.807, 2.05) is 49.1 Å². The van der Waals surface area contributed by atoms with Crippen molar-refractivity contribution in [3.8, 4) is 0 Å². The van der Waals surface area contributed by atoms with Gasteiger partial charge in [-0.25, -0.2) is 9.98 Å². The fourth-order valence-electron chi connectivity index (χ4n) is 3.94. The number of anilines is 1. The van der Waals surface area contributed by atoms with Crippen LogP contribution in [0.4, 0.5) is 11.4 Å². The number of carbonyl (C=O) groups is 1. The summed E-state index contributed by atoms with van der Waals surface area (Å²) in [5.74, 6) is 0.722. The van der Waals surface area contributed by atoms with Gasteiger partial charge in [0.1, 0.15) is 11.4 Å². The summed E-state index contributed by atoms with van der Waals surface area (Å²) in [5, 5.41) is 11.2. The number of ketones is 1. The number of carbonyl (C=O) groups excluding carboxylic acids is 1. The molecule has 0 saturated carbocycles. The van der Waals surface area contributed by atoms with E-state index in [2.05, 4.69) is 4.98 Å². The lowest BCUT2D eigenvalue weighted by molar-refractivity contribution is 0.0602. The van der Waals surface area contributed by atoms with Crippen molar-refractivity contribution in [3.63, 3.8) is 0 Å². The van der Waals surface area contributed by atoms with Gasteiger partial charge >= 0.3 is 0 Å². The standard InChI is InChI=1S/C21H19N3O3/c1-11-8-15-16(9-12(11)2)23-20-21(26,19(15)25)6-7-24(20)14-4-5-18-17(10-14)22-13(3)27-18/h4-5,8-10,26H,6-7H2,1-3H3/t21-/m1/s1. The van der Waals surface area contributed by atoms with Crippen LogP contribution in [0.5, 0.6) is 0 Å². The Bertz CT molecular complexity index is 1160. The van der Waals surface area contributed by atoms with Crippen LogP contribution >= 0.6 is 0 Å². The van der Waals surface area contributed by atoms with E-state index in [9.17, 15) is 9.90 Å². The quantitative estimate of drug-likeness (QED) is 0.716. The van der Waals surface area contributed by atoms with Crippen LogP contribution in [0, 0.1) is 20.8 Å². The SMILES string of the molecule is Cc1nc2cc(N3CC[C@@]4(O)C(=O)c5cc(C)c(C)cc5N=C34)ccc2o1. The third kappa shape index (κ3) is 2.20. The fourth-order valence-corrected chi connectivity index (χ4v) is 3.94. The molecule has 2 aliphatic heterocycles. The zero-order chi connectivity index (χ0) is 18.9. The molecule has 2 aliphatic rings. The largest absolute Gasteiger partial charge is 0.441 e. The van der Waals surface area contributed by atoms with Gasteiger partial charge in [-0.05, 0) is 55.3 Å². The molecule has 1 atom stereocenters. The fraction of sp³-hybridized carbons (Fsp3) is 0.286. The molecule has 0 unspecified atom stereocenters. The Hall–Kier alpha value is -2.99. The number of hydrogen-bond acceptors (Lipinski definition) is 6. The molecule has 0 bridgehead atoms. The van der Waals surface area contributed by atoms with Crippen molar-refractivity contribution >= 4 is 34.1 Å². The van der Waals surface area contributed by atoms with Gasteiger partial charge in [0.15, 0.2) is 17.1 Å². The predicted octanol–water partition coefficient (Wildman–Crippen LogP) is 3.62. The Balaban J connectivity index is 1.66. The minimum absolute atomic E-state index is 0.272. The molecule has 6 nitrogen and oxygen atoms in total. The summed E-state index contributed by atoms with van der Waals surface area (Å²) in [6, 6.07) is 9.41. The van der Waals surface area contributed by atoms with E-state index in [0.717, 1.165) is 22.3 Å². The topological polar surface area (TPSA) is 78.9 Å². The van der Waals surface area contributed by atoms with E-state index < -0.39 is 5.60 Å². The number of oxazole rings is 1. The predicted molar refractivity (Wildman–Crippen MR) is 103 cm³/mol. The molecular weight excluding hydrogens is 342 g/mol. The third-order valence-electron chi connectivity index (χ3n) is 5.57. The minimum Gasteiger partial charge on any atom is -0.441 e. The van der Waals surface area contributed by atoms with Gasteiger partial charge in [-0.1, -0.05) is 0 Å². The minimum atomic E-state index is -1.58. The molecule has 0 spiro atoms. The zero-order valence-corrected chi connectivity index (χ0v) is 15.4. The second kappa shape index (κ2) is 5.27. The summed E-state index contributed by atoms with van der Waals surface area (Å²) in [6.07, 6.45) is 0.312. The average Bonchev–Trinajstić information content (AvgIpc) is 3.16. The zero-order valence-electron chi connectivity index (χ0n) is 15.4. The van der Waals surface area contributed by atoms with Crippen LogP contribution in [0.1, 0.15) is 33.8 Å². The molecule has 0 radical (unpaired) electrons. The Morgan fingerprint density at radius 2 is 1.93 bits per heavy atom. The lowest BCUT2D eigenvalue weighted by Crippen LogP contribution is -2.48. The number of benzene rings is 2. The number of nitrogens with zero attached hydrogens (tertiary/aromatic N) is 3. The third-order valence-corrected chi connectivity index (χ3v) is 5.57. The van der Waals surface area contributed by atoms with Crippen molar-refractivity contribution in [1.29, 1.82) is 0 Å². The van der Waals surface area contributed by atoms with Crippen molar-refractivity contribution in [2.75, 3.05) is 11.4 Å². The van der Waals surface area contributed by atoms with E-state index in [1.165, 1.54) is 0 Å². The molecule has 2 aromatic carbocycles. The number of amidine groups is 1. The molecule has 1 aromatic heterocycles. The van der Waals surface area contributed by atoms with Gasteiger partial charge in [-0.2, -0.15) is 0 Å². The molecule has 136 valence electrons. The first-order valence-electron chi connectivity index (χ1n) is 8.99. The Morgan fingerprint density at radius 1 is 1.15 bits per heavy atom. The van der Waals surface area contributed by atoms with Crippen LogP contribution in [-0.4, -0.2) is 33.9 Å². The Labute approximate surface area is 156 Å². The molecule has 1 saturated heterocycles. The van der Waals surface area contributed by atoms with Gasteiger partial charge in [-0.15, -0.1) is 0 Å². The number of hydrogen-bond donors (Lipinski definition) is 1. The molecule has 0 aliphatic carbocycles. The van der Waals surface area contributed by atoms with Gasteiger partial charge in [0.25, 0.3) is 0 Å². The van der Waals surface area contributed by atoms with Gasteiger partial charge in [0, 0.05) is 31.1 Å². The summed E-state index contributed by atoms with van der Waals surface area (Å²) < 4.78 is 5.54. The van der Waals surface area contributed by atoms with E-state index in [-0.39, 0.29) is 5.78 Å². The highest BCUT2D eigenvalue weighted by atomic mass is 16.3. The molecule has 5 rings (SSSR count). The molecule has 1 N–H and O–H groups in total. The first kappa shape index (κ1) is 16.2. The summed E-state index contributed by atoms with van der Waals surface area (Å²) >= 11 is 0. The number of aliphatic imine (C=N–C) groups is 1.